The molecule has 0 aliphatic heterocycles. The molecular formula is C16H25N3O2. The Bertz CT molecular complexity index is 461. The summed E-state index contributed by atoms with van der Waals surface area (Å²) >= 11 is 0. The van der Waals surface area contributed by atoms with E-state index in [1.54, 1.807) is 0 Å². The van der Waals surface area contributed by atoms with Crippen LogP contribution in [0.5, 0.6) is 0 Å². The van der Waals surface area contributed by atoms with Crippen LogP contribution in [0.1, 0.15) is 44.2 Å². The van der Waals surface area contributed by atoms with Crippen molar-refractivity contribution >= 4 is 11.7 Å². The number of rotatable bonds is 5. The molecule has 0 radical (unpaired) electrons. The molecule has 116 valence electrons. The lowest BCUT2D eigenvalue weighted by Crippen LogP contribution is -2.41. The molecule has 0 spiro atoms. The topological polar surface area (TPSA) is 87.4 Å². The maximum absolute atomic E-state index is 10.8. The van der Waals surface area contributed by atoms with E-state index >= 15 is 0 Å². The fraction of sp³-hybridized carbons (Fsp3) is 0.562. The van der Waals surface area contributed by atoms with Gasteiger partial charge >= 0.3 is 6.03 Å². The first-order valence-electron chi connectivity index (χ1n) is 7.63. The number of anilines is 1. The van der Waals surface area contributed by atoms with Crippen molar-refractivity contribution in [3.63, 3.8) is 0 Å². The number of primary amides is 1. The number of amides is 2. The molecule has 1 aromatic rings. The predicted octanol–water partition coefficient (Wildman–Crippen LogP) is 2.38. The molecule has 5 nitrogen and oxygen atoms in total. The van der Waals surface area contributed by atoms with Crippen molar-refractivity contribution in [3.05, 3.63) is 29.8 Å². The largest absolute Gasteiger partial charge is 0.396 e. The highest BCUT2D eigenvalue weighted by molar-refractivity contribution is 5.87. The standard InChI is InChI=1S/C16H25N3O2/c1-11(18-15-5-3-2-4-13(15)10-20)12-6-8-14(9-7-12)19-16(17)21/h6-9,11,13,15,18,20H,2-5,10H2,1H3,(H3,17,19,21). The van der Waals surface area contributed by atoms with Gasteiger partial charge in [-0.05, 0) is 43.4 Å². The Balaban J connectivity index is 1.95. The number of carbonyl (C=O) groups excluding carboxylic acids is 1. The van der Waals surface area contributed by atoms with Crippen molar-refractivity contribution in [3.8, 4) is 0 Å². The molecule has 0 aromatic heterocycles. The van der Waals surface area contributed by atoms with Crippen molar-refractivity contribution in [2.75, 3.05) is 11.9 Å². The first kappa shape index (κ1) is 15.8. The van der Waals surface area contributed by atoms with Gasteiger partial charge in [-0.25, -0.2) is 4.79 Å². The summed E-state index contributed by atoms with van der Waals surface area (Å²) in [4.78, 5) is 10.8. The van der Waals surface area contributed by atoms with Crippen LogP contribution in [0.15, 0.2) is 24.3 Å². The normalized spacial score (nSPS) is 23.5. The molecule has 2 rings (SSSR count). The van der Waals surface area contributed by atoms with E-state index in [1.807, 2.05) is 24.3 Å². The first-order valence-corrected chi connectivity index (χ1v) is 7.63. The summed E-state index contributed by atoms with van der Waals surface area (Å²) in [6.07, 6.45) is 4.66. The summed E-state index contributed by atoms with van der Waals surface area (Å²) in [7, 11) is 0. The summed E-state index contributed by atoms with van der Waals surface area (Å²) in [5.74, 6) is 0.358. The molecule has 0 saturated heterocycles. The molecule has 0 bridgehead atoms. The van der Waals surface area contributed by atoms with Gasteiger partial charge in [-0.2, -0.15) is 0 Å². The van der Waals surface area contributed by atoms with Crippen LogP contribution in [0.4, 0.5) is 10.5 Å². The molecule has 5 N–H and O–H groups in total. The summed E-state index contributed by atoms with van der Waals surface area (Å²) in [5.41, 5.74) is 6.95. The number of nitrogens with two attached hydrogens (primary N) is 1. The number of nitrogens with one attached hydrogen (secondary N) is 2. The minimum absolute atomic E-state index is 0.213. The van der Waals surface area contributed by atoms with Gasteiger partial charge in [0.25, 0.3) is 0 Å². The van der Waals surface area contributed by atoms with Gasteiger partial charge in [0.2, 0.25) is 0 Å². The Morgan fingerprint density at radius 2 is 2.00 bits per heavy atom. The molecule has 1 fully saturated rings. The van der Waals surface area contributed by atoms with Crippen molar-refractivity contribution in [2.45, 2.75) is 44.7 Å². The molecule has 1 saturated carbocycles. The van der Waals surface area contributed by atoms with Crippen molar-refractivity contribution in [1.29, 1.82) is 0 Å². The zero-order valence-corrected chi connectivity index (χ0v) is 12.5. The van der Waals surface area contributed by atoms with E-state index in [2.05, 4.69) is 17.6 Å². The zero-order chi connectivity index (χ0) is 15.2. The van der Waals surface area contributed by atoms with Crippen LogP contribution in [0.3, 0.4) is 0 Å². The van der Waals surface area contributed by atoms with Crippen molar-refractivity contribution in [1.82, 2.24) is 5.32 Å². The van der Waals surface area contributed by atoms with E-state index in [0.29, 0.717) is 17.6 Å². The lowest BCUT2D eigenvalue weighted by atomic mass is 9.84. The molecule has 21 heavy (non-hydrogen) atoms. The summed E-state index contributed by atoms with van der Waals surface area (Å²) < 4.78 is 0. The number of aliphatic hydroxyl groups is 1. The zero-order valence-electron chi connectivity index (χ0n) is 12.5. The van der Waals surface area contributed by atoms with Crippen LogP contribution in [0.25, 0.3) is 0 Å². The van der Waals surface area contributed by atoms with Crippen LogP contribution >= 0.6 is 0 Å². The van der Waals surface area contributed by atoms with E-state index in [4.69, 9.17) is 5.73 Å². The van der Waals surface area contributed by atoms with Crippen LogP contribution in [-0.2, 0) is 0 Å². The fourth-order valence-electron chi connectivity index (χ4n) is 3.06. The van der Waals surface area contributed by atoms with Crippen LogP contribution in [0, 0.1) is 5.92 Å². The monoisotopic (exact) mass is 291 g/mol. The van der Waals surface area contributed by atoms with Crippen molar-refractivity contribution < 1.29 is 9.90 Å². The van der Waals surface area contributed by atoms with Gasteiger partial charge in [0.05, 0.1) is 0 Å². The lowest BCUT2D eigenvalue weighted by Gasteiger charge is -2.33. The molecule has 2 amide bonds. The second kappa shape index (κ2) is 7.43. The average Bonchev–Trinajstić information content (AvgIpc) is 2.48. The Morgan fingerprint density at radius 1 is 1.33 bits per heavy atom. The van der Waals surface area contributed by atoms with E-state index in [0.717, 1.165) is 18.4 Å². The van der Waals surface area contributed by atoms with Gasteiger partial charge in [-0.15, -0.1) is 0 Å². The third-order valence-electron chi connectivity index (χ3n) is 4.29. The Morgan fingerprint density at radius 3 is 2.62 bits per heavy atom. The highest BCUT2D eigenvalue weighted by atomic mass is 16.3. The average molecular weight is 291 g/mol. The molecular weight excluding hydrogens is 266 g/mol. The van der Waals surface area contributed by atoms with Gasteiger partial charge in [0.15, 0.2) is 0 Å². The van der Waals surface area contributed by atoms with Gasteiger partial charge < -0.3 is 21.5 Å². The minimum atomic E-state index is -0.554. The fourth-order valence-corrected chi connectivity index (χ4v) is 3.06. The van der Waals surface area contributed by atoms with Gasteiger partial charge in [0.1, 0.15) is 0 Å². The Hall–Kier alpha value is -1.59. The number of hydrogen-bond donors (Lipinski definition) is 4. The molecule has 3 atom stereocenters. The van der Waals surface area contributed by atoms with Crippen LogP contribution in [0.2, 0.25) is 0 Å². The summed E-state index contributed by atoms with van der Waals surface area (Å²) in [5, 5.41) is 15.7. The molecule has 3 unspecified atom stereocenters. The third kappa shape index (κ3) is 4.44. The Labute approximate surface area is 125 Å². The van der Waals surface area contributed by atoms with E-state index in [9.17, 15) is 9.90 Å². The molecule has 0 heterocycles. The Kier molecular flexibility index (Phi) is 5.59. The maximum Gasteiger partial charge on any atom is 0.316 e. The number of urea groups is 1. The SMILES string of the molecule is CC(NC1CCCCC1CO)c1ccc(NC(N)=O)cc1. The number of hydrogen-bond acceptors (Lipinski definition) is 3. The van der Waals surface area contributed by atoms with Crippen LogP contribution in [-0.4, -0.2) is 23.8 Å². The van der Waals surface area contributed by atoms with E-state index in [1.165, 1.54) is 12.8 Å². The van der Waals surface area contributed by atoms with Gasteiger partial charge in [0, 0.05) is 24.4 Å². The molecule has 5 heteroatoms. The molecule has 1 aliphatic rings. The highest BCUT2D eigenvalue weighted by Crippen LogP contribution is 2.26. The van der Waals surface area contributed by atoms with E-state index in [-0.39, 0.29) is 12.6 Å². The lowest BCUT2D eigenvalue weighted by molar-refractivity contribution is 0.147. The number of carbonyl (C=O) groups is 1. The summed E-state index contributed by atoms with van der Waals surface area (Å²) in [6.45, 7) is 2.38. The minimum Gasteiger partial charge on any atom is -0.396 e. The third-order valence-corrected chi connectivity index (χ3v) is 4.29. The second-order valence-corrected chi connectivity index (χ2v) is 5.83. The smallest absolute Gasteiger partial charge is 0.316 e. The van der Waals surface area contributed by atoms with Crippen molar-refractivity contribution in [2.24, 2.45) is 11.7 Å². The van der Waals surface area contributed by atoms with Crippen LogP contribution < -0.4 is 16.4 Å². The molecule has 1 aliphatic carbocycles. The maximum atomic E-state index is 10.8. The highest BCUT2D eigenvalue weighted by Gasteiger charge is 2.25. The molecule has 1 aromatic carbocycles. The number of benzene rings is 1. The quantitative estimate of drug-likeness (QED) is 0.671. The van der Waals surface area contributed by atoms with Gasteiger partial charge in [-0.3, -0.25) is 0 Å². The first-order chi connectivity index (χ1) is 10.1. The number of aliphatic hydroxyl groups excluding tert-OH is 1. The van der Waals surface area contributed by atoms with Gasteiger partial charge in [-0.1, -0.05) is 25.0 Å². The second-order valence-electron chi connectivity index (χ2n) is 5.83. The summed E-state index contributed by atoms with van der Waals surface area (Å²) in [6, 6.07) is 7.71. The van der Waals surface area contributed by atoms with E-state index < -0.39 is 6.03 Å². The predicted molar refractivity (Wildman–Crippen MR) is 84.0 cm³/mol.